The highest BCUT2D eigenvalue weighted by atomic mass is 32.1. The first-order valence-electron chi connectivity index (χ1n) is 9.88. The Labute approximate surface area is 188 Å². The number of aromatic nitrogens is 4. The first-order valence-corrected chi connectivity index (χ1v) is 11.1. The second kappa shape index (κ2) is 8.35. The van der Waals surface area contributed by atoms with Crippen molar-refractivity contribution in [1.82, 2.24) is 19.7 Å². The summed E-state index contributed by atoms with van der Waals surface area (Å²) in [4.78, 5) is 30.1. The number of benzene rings is 1. The third-order valence-corrected chi connectivity index (χ3v) is 6.52. The number of hydrogen-bond donors (Lipinski definition) is 2. The van der Waals surface area contributed by atoms with Gasteiger partial charge in [-0.25, -0.2) is 4.98 Å². The molecule has 1 aliphatic rings. The Bertz CT molecular complexity index is 1190. The van der Waals surface area contributed by atoms with Crippen LogP contribution in [0.4, 0.5) is 5.13 Å². The monoisotopic (exact) mass is 457 g/mol. The van der Waals surface area contributed by atoms with E-state index in [0.29, 0.717) is 33.6 Å². The number of anilines is 1. The predicted octanol–water partition coefficient (Wildman–Crippen LogP) is 4.26. The second-order valence-electron chi connectivity index (χ2n) is 8.27. The van der Waals surface area contributed by atoms with Crippen molar-refractivity contribution >= 4 is 40.4 Å². The lowest BCUT2D eigenvalue weighted by atomic mass is 9.78. The van der Waals surface area contributed by atoms with Crippen LogP contribution in [-0.2, 0) is 17.8 Å². The van der Waals surface area contributed by atoms with E-state index in [2.05, 4.69) is 34.3 Å². The molecule has 1 amide bonds. The summed E-state index contributed by atoms with van der Waals surface area (Å²) in [5.74, 6) is 1.30. The molecule has 2 N–H and O–H groups in total. The smallest absolute Gasteiger partial charge is 0.227 e. The summed E-state index contributed by atoms with van der Waals surface area (Å²) in [5, 5.41) is 10.4. The number of ether oxygens (including phenoxy) is 1. The number of carbonyl (C=O) groups excluding carboxylic acids is 2. The first kappa shape index (κ1) is 21.4. The number of rotatable bonds is 6. The van der Waals surface area contributed by atoms with Crippen molar-refractivity contribution in [3.05, 3.63) is 39.6 Å². The number of carbonyl (C=O) groups is 2. The van der Waals surface area contributed by atoms with Gasteiger partial charge < -0.3 is 10.1 Å². The average molecular weight is 458 g/mol. The van der Waals surface area contributed by atoms with Gasteiger partial charge in [0.1, 0.15) is 5.75 Å². The van der Waals surface area contributed by atoms with Crippen LogP contribution in [0.5, 0.6) is 5.75 Å². The van der Waals surface area contributed by atoms with Crippen LogP contribution in [0.2, 0.25) is 0 Å². The molecule has 4 rings (SSSR count). The number of methoxy groups -OCH3 is 1. The van der Waals surface area contributed by atoms with Crippen molar-refractivity contribution < 1.29 is 14.3 Å². The van der Waals surface area contributed by atoms with Gasteiger partial charge in [-0.2, -0.15) is 5.10 Å². The normalized spacial score (nSPS) is 14.9. The summed E-state index contributed by atoms with van der Waals surface area (Å²) in [7, 11) is 1.61. The molecule has 8 nitrogen and oxygen atoms in total. The zero-order chi connectivity index (χ0) is 22.2. The van der Waals surface area contributed by atoms with E-state index in [-0.39, 0.29) is 23.5 Å². The van der Waals surface area contributed by atoms with E-state index in [0.717, 1.165) is 23.4 Å². The Balaban J connectivity index is 1.44. The van der Waals surface area contributed by atoms with Crippen molar-refractivity contribution in [2.24, 2.45) is 5.41 Å². The molecule has 1 aliphatic carbocycles. The average Bonchev–Trinajstić information content (AvgIpc) is 3.28. The van der Waals surface area contributed by atoms with Crippen LogP contribution in [0.15, 0.2) is 24.3 Å². The predicted molar refractivity (Wildman–Crippen MR) is 121 cm³/mol. The Morgan fingerprint density at radius 3 is 2.77 bits per heavy atom. The maximum absolute atomic E-state index is 12.5. The number of ketones is 1. The third kappa shape index (κ3) is 4.59. The van der Waals surface area contributed by atoms with Crippen molar-refractivity contribution in [3.8, 4) is 17.1 Å². The Hall–Kier alpha value is -2.85. The van der Waals surface area contributed by atoms with Gasteiger partial charge >= 0.3 is 0 Å². The van der Waals surface area contributed by atoms with E-state index in [1.165, 1.54) is 11.3 Å². The van der Waals surface area contributed by atoms with Gasteiger partial charge in [-0.3, -0.25) is 19.3 Å². The lowest BCUT2D eigenvalue weighted by molar-refractivity contribution is -0.116. The minimum atomic E-state index is -0.193. The van der Waals surface area contributed by atoms with E-state index >= 15 is 0 Å². The Kier molecular flexibility index (Phi) is 5.76. The molecule has 162 valence electrons. The van der Waals surface area contributed by atoms with E-state index in [1.807, 2.05) is 24.3 Å². The molecule has 2 heterocycles. The Morgan fingerprint density at radius 2 is 2.06 bits per heavy atom. The highest BCUT2D eigenvalue weighted by Gasteiger charge is 2.34. The summed E-state index contributed by atoms with van der Waals surface area (Å²) in [5.41, 5.74) is 1.54. The minimum Gasteiger partial charge on any atom is -0.497 e. The van der Waals surface area contributed by atoms with Crippen molar-refractivity contribution in [1.29, 1.82) is 0 Å². The van der Waals surface area contributed by atoms with Crippen LogP contribution in [0, 0.1) is 10.2 Å². The van der Waals surface area contributed by atoms with Gasteiger partial charge in [0.25, 0.3) is 0 Å². The molecule has 2 aromatic heterocycles. The van der Waals surface area contributed by atoms with Crippen LogP contribution in [0.1, 0.15) is 42.1 Å². The van der Waals surface area contributed by atoms with Crippen molar-refractivity contribution in [2.75, 3.05) is 12.4 Å². The number of aromatic amines is 1. The maximum atomic E-state index is 12.5. The van der Waals surface area contributed by atoms with Crippen molar-refractivity contribution in [2.45, 2.75) is 39.7 Å². The highest BCUT2D eigenvalue weighted by molar-refractivity contribution is 7.71. The zero-order valence-electron chi connectivity index (χ0n) is 17.5. The molecule has 0 saturated carbocycles. The first-order chi connectivity index (χ1) is 14.8. The third-order valence-electron chi connectivity index (χ3n) is 5.15. The number of fused-ring (bicyclic) bond motifs is 1. The quantitative estimate of drug-likeness (QED) is 0.537. The SMILES string of the molecule is COc1ccc(-c2n[nH]c(=S)n2CCC(=O)Nc2nc3c(s2)C(=O)CC(C)(C)C3)cc1. The molecule has 0 spiro atoms. The summed E-state index contributed by atoms with van der Waals surface area (Å²) in [6.45, 7) is 4.47. The molecule has 10 heteroatoms. The van der Waals surface area contributed by atoms with Gasteiger partial charge in [-0.15, -0.1) is 0 Å². The van der Waals surface area contributed by atoms with Gasteiger partial charge in [-0.1, -0.05) is 25.2 Å². The molecule has 0 unspecified atom stereocenters. The number of nitrogens with zero attached hydrogens (tertiary/aromatic N) is 3. The summed E-state index contributed by atoms with van der Waals surface area (Å²) < 4.78 is 7.42. The minimum absolute atomic E-state index is 0.0954. The number of thiazole rings is 1. The number of H-pyrrole nitrogens is 1. The zero-order valence-corrected chi connectivity index (χ0v) is 19.2. The molecular formula is C21H23N5O3S2. The van der Waals surface area contributed by atoms with Gasteiger partial charge in [0.15, 0.2) is 21.5 Å². The number of nitrogens with one attached hydrogen (secondary N) is 2. The summed E-state index contributed by atoms with van der Waals surface area (Å²) >= 11 is 6.59. The van der Waals surface area contributed by atoms with Gasteiger partial charge in [0.2, 0.25) is 5.91 Å². The van der Waals surface area contributed by atoms with Gasteiger partial charge in [-0.05, 0) is 48.3 Å². The molecule has 31 heavy (non-hydrogen) atoms. The maximum Gasteiger partial charge on any atom is 0.227 e. The second-order valence-corrected chi connectivity index (χ2v) is 9.65. The van der Waals surface area contributed by atoms with Crippen LogP contribution in [0.3, 0.4) is 0 Å². The van der Waals surface area contributed by atoms with Crippen LogP contribution < -0.4 is 10.1 Å². The van der Waals surface area contributed by atoms with E-state index in [1.54, 1.807) is 11.7 Å². The molecule has 0 atom stereocenters. The number of Topliss-reactive ketones (excluding diaryl/α,β-unsaturated/α-hetero) is 1. The van der Waals surface area contributed by atoms with Gasteiger partial charge in [0, 0.05) is 24.9 Å². The lowest BCUT2D eigenvalue weighted by Gasteiger charge is -2.26. The van der Waals surface area contributed by atoms with E-state index in [9.17, 15) is 9.59 Å². The molecule has 0 aliphatic heterocycles. The highest BCUT2D eigenvalue weighted by Crippen LogP contribution is 2.38. The fourth-order valence-electron chi connectivity index (χ4n) is 3.65. The van der Waals surface area contributed by atoms with Crippen molar-refractivity contribution in [3.63, 3.8) is 0 Å². The fourth-order valence-corrected chi connectivity index (χ4v) is 4.81. The molecule has 3 aromatic rings. The summed E-state index contributed by atoms with van der Waals surface area (Å²) in [6, 6.07) is 7.46. The molecule has 0 radical (unpaired) electrons. The van der Waals surface area contributed by atoms with E-state index in [4.69, 9.17) is 17.0 Å². The Morgan fingerprint density at radius 1 is 1.32 bits per heavy atom. The molecule has 1 aromatic carbocycles. The largest absolute Gasteiger partial charge is 0.497 e. The number of hydrogen-bond acceptors (Lipinski definition) is 7. The van der Waals surface area contributed by atoms with Crippen LogP contribution >= 0.6 is 23.6 Å². The lowest BCUT2D eigenvalue weighted by Crippen LogP contribution is -2.26. The van der Waals surface area contributed by atoms with Crippen LogP contribution in [0.25, 0.3) is 11.4 Å². The number of amides is 1. The molecule has 0 bridgehead atoms. The molecular weight excluding hydrogens is 434 g/mol. The molecule has 0 fully saturated rings. The standard InChI is InChI=1S/C21H23N5O3S2/c1-21(2)10-14-17(15(27)11-21)31-19(22-14)23-16(28)8-9-26-18(24-25-20(26)30)12-4-6-13(29-3)7-5-12/h4-7H,8-11H2,1-3H3,(H,25,30)(H,22,23,28). The van der Waals surface area contributed by atoms with Gasteiger partial charge in [0.05, 0.1) is 17.7 Å². The fraction of sp³-hybridized carbons (Fsp3) is 0.381. The topological polar surface area (TPSA) is 102 Å². The van der Waals surface area contributed by atoms with Crippen LogP contribution in [-0.4, -0.2) is 38.5 Å². The summed E-state index contributed by atoms with van der Waals surface area (Å²) in [6.07, 6.45) is 1.43. The molecule has 0 saturated heterocycles. The van der Waals surface area contributed by atoms with E-state index < -0.39 is 0 Å².